The van der Waals surface area contributed by atoms with Gasteiger partial charge in [-0.3, -0.25) is 4.90 Å². The molecule has 1 amide bonds. The molecule has 0 saturated carbocycles. The van der Waals surface area contributed by atoms with Gasteiger partial charge in [0.25, 0.3) is 0 Å². The van der Waals surface area contributed by atoms with Crippen molar-refractivity contribution >= 4 is 17.7 Å². The van der Waals surface area contributed by atoms with E-state index in [1.807, 2.05) is 0 Å². The standard InChI is InChI=1S/C7H7ClNO2/c1-11-7(10)9-4-2-3-6(8)5-9/h3-4H,5H2,1H3. The summed E-state index contributed by atoms with van der Waals surface area (Å²) in [7, 11) is 1.32. The van der Waals surface area contributed by atoms with E-state index in [1.165, 1.54) is 18.2 Å². The normalized spacial score (nSPS) is 16.2. The number of amides is 1. The molecule has 0 aromatic rings. The van der Waals surface area contributed by atoms with Crippen LogP contribution in [0.25, 0.3) is 0 Å². The van der Waals surface area contributed by atoms with Gasteiger partial charge in [0.05, 0.1) is 13.7 Å². The summed E-state index contributed by atoms with van der Waals surface area (Å²) in [5.41, 5.74) is 0. The Balaban J connectivity index is 2.59. The zero-order valence-electron chi connectivity index (χ0n) is 6.00. The smallest absolute Gasteiger partial charge is 0.413 e. The van der Waals surface area contributed by atoms with Crippen LogP contribution in [-0.4, -0.2) is 24.6 Å². The van der Waals surface area contributed by atoms with Gasteiger partial charge in [0, 0.05) is 17.3 Å². The first kappa shape index (κ1) is 8.14. The quantitative estimate of drug-likeness (QED) is 0.554. The van der Waals surface area contributed by atoms with E-state index in [1.54, 1.807) is 6.08 Å². The SMILES string of the molecule is COC(=O)N1C=[C]C=C(Cl)C1. The third-order valence-electron chi connectivity index (χ3n) is 1.20. The number of halogens is 1. The lowest BCUT2D eigenvalue weighted by atomic mass is 10.4. The summed E-state index contributed by atoms with van der Waals surface area (Å²) < 4.78 is 4.47. The number of carbonyl (C=O) groups is 1. The molecule has 0 aromatic carbocycles. The molecule has 11 heavy (non-hydrogen) atoms. The van der Waals surface area contributed by atoms with E-state index in [4.69, 9.17) is 11.6 Å². The molecule has 1 aliphatic rings. The molecule has 4 heteroatoms. The van der Waals surface area contributed by atoms with Crippen LogP contribution < -0.4 is 0 Å². The maximum Gasteiger partial charge on any atom is 0.413 e. The minimum atomic E-state index is -0.427. The number of allylic oxidation sites excluding steroid dienone is 2. The van der Waals surface area contributed by atoms with E-state index >= 15 is 0 Å². The lowest BCUT2D eigenvalue weighted by molar-refractivity contribution is 0.142. The Morgan fingerprint density at radius 2 is 2.64 bits per heavy atom. The molecule has 0 saturated heterocycles. The van der Waals surface area contributed by atoms with Gasteiger partial charge in [0.1, 0.15) is 0 Å². The molecule has 59 valence electrons. The summed E-state index contributed by atoms with van der Waals surface area (Å²) in [6.45, 7) is 0.362. The summed E-state index contributed by atoms with van der Waals surface area (Å²) in [5.74, 6) is 0. The number of nitrogens with zero attached hydrogens (tertiary/aromatic N) is 1. The topological polar surface area (TPSA) is 29.5 Å². The molecule has 3 nitrogen and oxygen atoms in total. The number of hydrogen-bond acceptors (Lipinski definition) is 2. The molecule has 0 unspecified atom stereocenters. The molecule has 0 spiro atoms. The Bertz CT molecular complexity index is 222. The molecule has 1 radical (unpaired) electrons. The van der Waals surface area contributed by atoms with Crippen molar-refractivity contribution in [2.45, 2.75) is 0 Å². The number of hydrogen-bond donors (Lipinski definition) is 0. The number of carbonyl (C=O) groups excluding carboxylic acids is 1. The molecule has 0 fully saturated rings. The van der Waals surface area contributed by atoms with E-state index in [2.05, 4.69) is 10.8 Å². The second-order valence-corrected chi connectivity index (χ2v) is 2.47. The van der Waals surface area contributed by atoms with Crippen molar-refractivity contribution in [3.63, 3.8) is 0 Å². The van der Waals surface area contributed by atoms with Gasteiger partial charge in [0.15, 0.2) is 0 Å². The van der Waals surface area contributed by atoms with Crippen LogP contribution in [-0.2, 0) is 4.74 Å². The molecular formula is C7H7ClNO2. The first-order valence-corrected chi connectivity index (χ1v) is 3.40. The average molecular weight is 173 g/mol. The first-order valence-electron chi connectivity index (χ1n) is 3.02. The van der Waals surface area contributed by atoms with Gasteiger partial charge in [-0.2, -0.15) is 0 Å². The van der Waals surface area contributed by atoms with Crippen molar-refractivity contribution in [3.8, 4) is 0 Å². The van der Waals surface area contributed by atoms with Crippen LogP contribution in [0.4, 0.5) is 4.79 Å². The van der Waals surface area contributed by atoms with Gasteiger partial charge < -0.3 is 4.74 Å². The number of rotatable bonds is 0. The predicted octanol–water partition coefficient (Wildman–Crippen LogP) is 1.51. The highest BCUT2D eigenvalue weighted by Gasteiger charge is 2.13. The Labute approximate surface area is 69.9 Å². The Kier molecular flexibility index (Phi) is 2.54. The fourth-order valence-corrected chi connectivity index (χ4v) is 0.898. The summed E-state index contributed by atoms with van der Waals surface area (Å²) in [6, 6.07) is 0. The van der Waals surface area contributed by atoms with Crippen molar-refractivity contribution in [3.05, 3.63) is 23.4 Å². The summed E-state index contributed by atoms with van der Waals surface area (Å²) in [6.07, 6.45) is 5.39. The molecular weight excluding hydrogens is 166 g/mol. The van der Waals surface area contributed by atoms with E-state index in [-0.39, 0.29) is 0 Å². The molecule has 1 heterocycles. The van der Waals surface area contributed by atoms with Gasteiger partial charge in [-0.15, -0.1) is 0 Å². The van der Waals surface area contributed by atoms with Gasteiger partial charge >= 0.3 is 6.09 Å². The largest absolute Gasteiger partial charge is 0.452 e. The molecule has 0 atom stereocenters. The van der Waals surface area contributed by atoms with Crippen LogP contribution >= 0.6 is 11.6 Å². The zero-order valence-corrected chi connectivity index (χ0v) is 6.76. The molecule has 0 aliphatic carbocycles. The van der Waals surface area contributed by atoms with Crippen LogP contribution in [0.2, 0.25) is 0 Å². The number of ether oxygens (including phenoxy) is 1. The molecule has 0 N–H and O–H groups in total. The predicted molar refractivity (Wildman–Crippen MR) is 40.9 cm³/mol. The zero-order chi connectivity index (χ0) is 8.27. The maximum absolute atomic E-state index is 10.9. The highest BCUT2D eigenvalue weighted by Crippen LogP contribution is 2.10. The third kappa shape index (κ3) is 1.98. The second-order valence-electron chi connectivity index (χ2n) is 1.98. The van der Waals surface area contributed by atoms with Crippen LogP contribution in [0, 0.1) is 6.08 Å². The molecule has 1 rings (SSSR count). The van der Waals surface area contributed by atoms with Crippen molar-refractivity contribution < 1.29 is 9.53 Å². The van der Waals surface area contributed by atoms with Crippen LogP contribution in [0.5, 0.6) is 0 Å². The Morgan fingerprint density at radius 3 is 3.18 bits per heavy atom. The lowest BCUT2D eigenvalue weighted by Gasteiger charge is -2.17. The van der Waals surface area contributed by atoms with Crippen molar-refractivity contribution in [2.75, 3.05) is 13.7 Å². The minimum absolute atomic E-state index is 0.362. The molecule has 1 aliphatic heterocycles. The van der Waals surface area contributed by atoms with Crippen LogP contribution in [0.3, 0.4) is 0 Å². The fourth-order valence-electron chi connectivity index (χ4n) is 0.706. The summed E-state index contributed by atoms with van der Waals surface area (Å²) >= 11 is 5.64. The van der Waals surface area contributed by atoms with E-state index in [0.29, 0.717) is 11.6 Å². The van der Waals surface area contributed by atoms with Crippen molar-refractivity contribution in [1.29, 1.82) is 0 Å². The average Bonchev–Trinajstić information content (AvgIpc) is 2.03. The monoisotopic (exact) mass is 172 g/mol. The number of methoxy groups -OCH3 is 1. The van der Waals surface area contributed by atoms with Crippen LogP contribution in [0.1, 0.15) is 0 Å². The highest BCUT2D eigenvalue weighted by molar-refractivity contribution is 6.30. The van der Waals surface area contributed by atoms with Gasteiger partial charge in [-0.25, -0.2) is 4.79 Å². The highest BCUT2D eigenvalue weighted by atomic mass is 35.5. The first-order chi connectivity index (χ1) is 5.24. The fraction of sp³-hybridized carbons (Fsp3) is 0.286. The van der Waals surface area contributed by atoms with Crippen molar-refractivity contribution in [2.24, 2.45) is 0 Å². The van der Waals surface area contributed by atoms with Gasteiger partial charge in [-0.05, 0) is 6.08 Å². The lowest BCUT2D eigenvalue weighted by Crippen LogP contribution is -2.28. The Morgan fingerprint density at radius 1 is 1.91 bits per heavy atom. The van der Waals surface area contributed by atoms with Crippen LogP contribution in [0.15, 0.2) is 17.3 Å². The third-order valence-corrected chi connectivity index (χ3v) is 1.43. The van der Waals surface area contributed by atoms with Gasteiger partial charge in [0.2, 0.25) is 0 Å². The van der Waals surface area contributed by atoms with E-state index in [0.717, 1.165) is 0 Å². The van der Waals surface area contributed by atoms with Gasteiger partial charge in [-0.1, -0.05) is 11.6 Å². The van der Waals surface area contributed by atoms with Crippen molar-refractivity contribution in [1.82, 2.24) is 4.90 Å². The Hall–Kier alpha value is -0.960. The minimum Gasteiger partial charge on any atom is -0.452 e. The molecule has 0 bridgehead atoms. The van der Waals surface area contributed by atoms with E-state index in [9.17, 15) is 4.79 Å². The second kappa shape index (κ2) is 3.44. The maximum atomic E-state index is 10.9. The summed E-state index contributed by atoms with van der Waals surface area (Å²) in [4.78, 5) is 12.2. The summed E-state index contributed by atoms with van der Waals surface area (Å²) in [5, 5.41) is 0.568. The molecule has 0 aromatic heterocycles. The van der Waals surface area contributed by atoms with E-state index < -0.39 is 6.09 Å².